The first-order valence-electron chi connectivity index (χ1n) is 3.17. The SMILES string of the molecule is [N-]=[N+]=Nc1cccc(S(=O)(=O)O)c1. The second-order valence-electron chi connectivity index (χ2n) is 2.16. The van der Waals surface area contributed by atoms with Gasteiger partial charge in [0.1, 0.15) is 0 Å². The van der Waals surface area contributed by atoms with Crippen LogP contribution in [0.2, 0.25) is 0 Å². The molecule has 0 spiro atoms. The van der Waals surface area contributed by atoms with Gasteiger partial charge < -0.3 is 0 Å². The summed E-state index contributed by atoms with van der Waals surface area (Å²) in [5, 5.41) is 3.19. The van der Waals surface area contributed by atoms with Crippen molar-refractivity contribution in [2.75, 3.05) is 0 Å². The lowest BCUT2D eigenvalue weighted by molar-refractivity contribution is 0.483. The van der Waals surface area contributed by atoms with Crippen molar-refractivity contribution in [2.24, 2.45) is 5.11 Å². The Kier molecular flexibility index (Phi) is 2.52. The average molecular weight is 199 g/mol. The van der Waals surface area contributed by atoms with Crippen molar-refractivity contribution < 1.29 is 13.0 Å². The molecule has 0 atom stereocenters. The van der Waals surface area contributed by atoms with Crippen LogP contribution in [0.3, 0.4) is 0 Å². The van der Waals surface area contributed by atoms with Gasteiger partial charge in [0.05, 0.1) is 4.90 Å². The van der Waals surface area contributed by atoms with Crippen LogP contribution in [0.15, 0.2) is 34.3 Å². The molecule has 0 bridgehead atoms. The molecule has 13 heavy (non-hydrogen) atoms. The van der Waals surface area contributed by atoms with Crippen molar-refractivity contribution in [2.45, 2.75) is 4.90 Å². The van der Waals surface area contributed by atoms with Gasteiger partial charge in [0, 0.05) is 10.6 Å². The summed E-state index contributed by atoms with van der Waals surface area (Å²) in [6.45, 7) is 0. The molecule has 0 heterocycles. The zero-order chi connectivity index (χ0) is 9.90. The number of nitrogens with zero attached hydrogens (tertiary/aromatic N) is 3. The summed E-state index contributed by atoms with van der Waals surface area (Å²) in [6, 6.07) is 5.07. The molecule has 0 aliphatic rings. The Balaban J connectivity index is 3.28. The van der Waals surface area contributed by atoms with Crippen molar-refractivity contribution in [3.05, 3.63) is 34.7 Å². The van der Waals surface area contributed by atoms with Crippen LogP contribution in [-0.2, 0) is 10.1 Å². The molecule has 1 aromatic rings. The van der Waals surface area contributed by atoms with E-state index in [-0.39, 0.29) is 10.6 Å². The first-order valence-corrected chi connectivity index (χ1v) is 4.61. The predicted molar refractivity (Wildman–Crippen MR) is 45.1 cm³/mol. The molecule has 1 rings (SSSR count). The Morgan fingerprint density at radius 1 is 1.46 bits per heavy atom. The van der Waals surface area contributed by atoms with Crippen LogP contribution in [-0.4, -0.2) is 13.0 Å². The van der Waals surface area contributed by atoms with Crippen LogP contribution < -0.4 is 0 Å². The van der Waals surface area contributed by atoms with Gasteiger partial charge in [0.15, 0.2) is 0 Å². The Bertz CT molecular complexity index is 462. The molecule has 0 aliphatic carbocycles. The minimum absolute atomic E-state index is 0.137. The molecule has 68 valence electrons. The molecule has 0 fully saturated rings. The predicted octanol–water partition coefficient (Wildman–Crippen LogP) is 1.88. The van der Waals surface area contributed by atoms with Crippen molar-refractivity contribution in [3.8, 4) is 0 Å². The molecule has 7 heteroatoms. The van der Waals surface area contributed by atoms with Crippen LogP contribution in [0.5, 0.6) is 0 Å². The Hall–Kier alpha value is -1.56. The van der Waals surface area contributed by atoms with Crippen LogP contribution in [0.1, 0.15) is 0 Å². The Morgan fingerprint density at radius 2 is 2.15 bits per heavy atom. The van der Waals surface area contributed by atoms with E-state index < -0.39 is 10.1 Å². The monoisotopic (exact) mass is 199 g/mol. The van der Waals surface area contributed by atoms with Gasteiger partial charge in [-0.15, -0.1) is 0 Å². The summed E-state index contributed by atoms with van der Waals surface area (Å²) in [5.74, 6) is 0. The third-order valence-electron chi connectivity index (χ3n) is 1.28. The Labute approximate surface area is 74.2 Å². The van der Waals surface area contributed by atoms with E-state index in [0.717, 1.165) is 6.07 Å². The van der Waals surface area contributed by atoms with E-state index in [2.05, 4.69) is 10.0 Å². The molecular formula is C6H5N3O3S. The molecule has 0 radical (unpaired) electrons. The standard InChI is InChI=1S/C6H5N3O3S/c7-9-8-5-2-1-3-6(4-5)13(10,11)12/h1-4H,(H,10,11,12). The van der Waals surface area contributed by atoms with Crippen molar-refractivity contribution >= 4 is 15.8 Å². The van der Waals surface area contributed by atoms with Gasteiger partial charge in [-0.1, -0.05) is 17.2 Å². The molecule has 1 aromatic carbocycles. The van der Waals surface area contributed by atoms with E-state index in [4.69, 9.17) is 10.1 Å². The summed E-state index contributed by atoms with van der Waals surface area (Å²) in [5.41, 5.74) is 8.20. The summed E-state index contributed by atoms with van der Waals surface area (Å²) < 4.78 is 29.8. The number of rotatable bonds is 2. The smallest absolute Gasteiger partial charge is 0.282 e. The van der Waals surface area contributed by atoms with E-state index in [1.165, 1.54) is 18.2 Å². The van der Waals surface area contributed by atoms with E-state index >= 15 is 0 Å². The summed E-state index contributed by atoms with van der Waals surface area (Å²) in [4.78, 5) is 2.18. The molecule has 0 amide bonds. The highest BCUT2D eigenvalue weighted by molar-refractivity contribution is 7.85. The zero-order valence-electron chi connectivity index (χ0n) is 6.32. The highest BCUT2D eigenvalue weighted by Gasteiger charge is 2.08. The van der Waals surface area contributed by atoms with E-state index in [0.29, 0.717) is 0 Å². The first kappa shape index (κ1) is 9.53. The first-order chi connectivity index (χ1) is 6.04. The molecule has 0 unspecified atom stereocenters. The minimum Gasteiger partial charge on any atom is -0.282 e. The van der Waals surface area contributed by atoms with Gasteiger partial charge in [-0.25, -0.2) is 0 Å². The van der Waals surface area contributed by atoms with Crippen LogP contribution in [0.4, 0.5) is 5.69 Å². The minimum atomic E-state index is -4.23. The van der Waals surface area contributed by atoms with Crippen molar-refractivity contribution in [1.82, 2.24) is 0 Å². The number of benzene rings is 1. The van der Waals surface area contributed by atoms with Gasteiger partial charge in [0.25, 0.3) is 10.1 Å². The largest absolute Gasteiger partial charge is 0.294 e. The molecule has 1 N–H and O–H groups in total. The van der Waals surface area contributed by atoms with Gasteiger partial charge in [-0.2, -0.15) is 8.42 Å². The second-order valence-corrected chi connectivity index (χ2v) is 3.58. The van der Waals surface area contributed by atoms with E-state index in [1.54, 1.807) is 0 Å². The lowest BCUT2D eigenvalue weighted by Gasteiger charge is -1.96. The average Bonchev–Trinajstić information content (AvgIpc) is 2.04. The van der Waals surface area contributed by atoms with E-state index in [9.17, 15) is 8.42 Å². The highest BCUT2D eigenvalue weighted by atomic mass is 32.2. The fourth-order valence-electron chi connectivity index (χ4n) is 0.758. The normalized spacial score (nSPS) is 10.5. The van der Waals surface area contributed by atoms with Gasteiger partial charge in [0.2, 0.25) is 0 Å². The van der Waals surface area contributed by atoms with Crippen molar-refractivity contribution in [3.63, 3.8) is 0 Å². The highest BCUT2D eigenvalue weighted by Crippen LogP contribution is 2.17. The van der Waals surface area contributed by atoms with Crippen molar-refractivity contribution in [1.29, 1.82) is 0 Å². The summed E-state index contributed by atoms with van der Waals surface area (Å²) >= 11 is 0. The maximum absolute atomic E-state index is 10.6. The molecule has 0 saturated heterocycles. The lowest BCUT2D eigenvalue weighted by atomic mass is 10.3. The van der Waals surface area contributed by atoms with Crippen LogP contribution in [0, 0.1) is 0 Å². The van der Waals surface area contributed by atoms with Gasteiger partial charge >= 0.3 is 0 Å². The number of azide groups is 1. The molecule has 0 saturated carbocycles. The van der Waals surface area contributed by atoms with Gasteiger partial charge in [-0.3, -0.25) is 4.55 Å². The summed E-state index contributed by atoms with van der Waals surface area (Å²) in [6.07, 6.45) is 0. The topological polar surface area (TPSA) is 103 Å². The maximum Gasteiger partial charge on any atom is 0.294 e. The number of hydrogen-bond acceptors (Lipinski definition) is 3. The fourth-order valence-corrected chi connectivity index (χ4v) is 1.28. The second kappa shape index (κ2) is 3.44. The van der Waals surface area contributed by atoms with Gasteiger partial charge in [-0.05, 0) is 17.7 Å². The van der Waals surface area contributed by atoms with Crippen LogP contribution in [0.25, 0.3) is 10.4 Å². The number of hydrogen-bond donors (Lipinski definition) is 1. The third-order valence-corrected chi connectivity index (χ3v) is 2.13. The quantitative estimate of drug-likeness (QED) is 0.340. The molecular weight excluding hydrogens is 194 g/mol. The summed E-state index contributed by atoms with van der Waals surface area (Å²) in [7, 11) is -4.23. The Morgan fingerprint density at radius 3 is 2.69 bits per heavy atom. The zero-order valence-corrected chi connectivity index (χ0v) is 7.14. The lowest BCUT2D eigenvalue weighted by Crippen LogP contribution is -1.96. The molecule has 0 aliphatic heterocycles. The molecule has 0 aromatic heterocycles. The van der Waals surface area contributed by atoms with E-state index in [1.807, 2.05) is 0 Å². The molecule has 6 nitrogen and oxygen atoms in total. The maximum atomic E-state index is 10.6. The third kappa shape index (κ3) is 2.45. The van der Waals surface area contributed by atoms with Crippen LogP contribution >= 0.6 is 0 Å². The fraction of sp³-hybridized carbons (Fsp3) is 0.